The second kappa shape index (κ2) is 6.55. The van der Waals surface area contributed by atoms with Gasteiger partial charge in [0.1, 0.15) is 0 Å². The Morgan fingerprint density at radius 3 is 2.94 bits per heavy atom. The first-order chi connectivity index (χ1) is 8.35. The van der Waals surface area contributed by atoms with Gasteiger partial charge in [-0.3, -0.25) is 0 Å². The minimum absolute atomic E-state index is 0.273. The summed E-state index contributed by atoms with van der Waals surface area (Å²) in [5, 5.41) is 3.36. The van der Waals surface area contributed by atoms with Gasteiger partial charge < -0.3 is 10.1 Å². The second-order valence-electron chi connectivity index (χ2n) is 5.56. The minimum Gasteiger partial charge on any atom is -0.375 e. The average molecular weight is 237 g/mol. The van der Waals surface area contributed by atoms with E-state index in [4.69, 9.17) is 4.74 Å². The first-order valence-corrected chi connectivity index (χ1v) is 7.36. The van der Waals surface area contributed by atoms with E-state index in [2.05, 4.69) is 24.4 Å². The normalized spacial score (nSPS) is 28.2. The predicted molar refractivity (Wildman–Crippen MR) is 72.2 cm³/mol. The molecule has 2 heteroatoms. The van der Waals surface area contributed by atoms with Gasteiger partial charge >= 0.3 is 0 Å². The van der Waals surface area contributed by atoms with Crippen LogP contribution >= 0.6 is 0 Å². The topological polar surface area (TPSA) is 21.3 Å². The molecule has 1 saturated carbocycles. The molecule has 0 amide bonds. The van der Waals surface area contributed by atoms with Crippen molar-refractivity contribution < 1.29 is 4.74 Å². The van der Waals surface area contributed by atoms with Gasteiger partial charge in [-0.15, -0.1) is 0 Å². The van der Waals surface area contributed by atoms with Crippen LogP contribution in [0.5, 0.6) is 0 Å². The van der Waals surface area contributed by atoms with Crippen molar-refractivity contribution in [2.75, 3.05) is 19.7 Å². The molecule has 98 valence electrons. The first-order valence-electron chi connectivity index (χ1n) is 7.36. The largest absolute Gasteiger partial charge is 0.375 e. The van der Waals surface area contributed by atoms with E-state index in [1.807, 2.05) is 0 Å². The van der Waals surface area contributed by atoms with Crippen molar-refractivity contribution in [1.29, 1.82) is 0 Å². The van der Waals surface area contributed by atoms with Crippen molar-refractivity contribution in [2.24, 2.45) is 5.92 Å². The molecule has 0 bridgehead atoms. The van der Waals surface area contributed by atoms with Crippen LogP contribution < -0.4 is 5.32 Å². The molecule has 1 aliphatic heterocycles. The molecule has 1 spiro atoms. The summed E-state index contributed by atoms with van der Waals surface area (Å²) < 4.78 is 6.06. The third kappa shape index (κ3) is 3.82. The minimum atomic E-state index is 0.273. The molecule has 1 unspecified atom stereocenters. The SMILES string of the molecule is CCNCCC=CC1CCOC2(CCCC2)C1. The third-order valence-corrected chi connectivity index (χ3v) is 4.19. The van der Waals surface area contributed by atoms with Crippen LogP contribution in [0.2, 0.25) is 0 Å². The van der Waals surface area contributed by atoms with Crippen LogP contribution in [0.25, 0.3) is 0 Å². The van der Waals surface area contributed by atoms with E-state index in [1.54, 1.807) is 0 Å². The van der Waals surface area contributed by atoms with E-state index < -0.39 is 0 Å². The molecule has 0 aromatic carbocycles. The van der Waals surface area contributed by atoms with Crippen molar-refractivity contribution in [3.8, 4) is 0 Å². The van der Waals surface area contributed by atoms with Gasteiger partial charge in [0.25, 0.3) is 0 Å². The quantitative estimate of drug-likeness (QED) is 0.585. The molecule has 17 heavy (non-hydrogen) atoms. The maximum Gasteiger partial charge on any atom is 0.0688 e. The van der Waals surface area contributed by atoms with E-state index in [0.29, 0.717) is 0 Å². The van der Waals surface area contributed by atoms with E-state index in [9.17, 15) is 0 Å². The summed E-state index contributed by atoms with van der Waals surface area (Å²) in [6.07, 6.45) is 13.8. The molecular formula is C15H27NO. The van der Waals surface area contributed by atoms with Gasteiger partial charge in [0.15, 0.2) is 0 Å². The fraction of sp³-hybridized carbons (Fsp3) is 0.867. The van der Waals surface area contributed by atoms with Gasteiger partial charge in [-0.2, -0.15) is 0 Å². The van der Waals surface area contributed by atoms with Crippen molar-refractivity contribution in [2.45, 2.75) is 57.5 Å². The van der Waals surface area contributed by atoms with Crippen molar-refractivity contribution >= 4 is 0 Å². The number of nitrogens with one attached hydrogen (secondary N) is 1. The lowest BCUT2D eigenvalue weighted by atomic mass is 9.84. The molecule has 1 aliphatic carbocycles. The number of ether oxygens (including phenoxy) is 1. The summed E-state index contributed by atoms with van der Waals surface area (Å²) in [5.74, 6) is 0.767. The molecule has 0 aromatic rings. The predicted octanol–water partition coefficient (Wildman–Crippen LogP) is 3.28. The van der Waals surface area contributed by atoms with Crippen LogP contribution in [-0.2, 0) is 4.74 Å². The Morgan fingerprint density at radius 1 is 1.35 bits per heavy atom. The Kier molecular flexibility index (Phi) is 5.05. The summed E-state index contributed by atoms with van der Waals surface area (Å²) in [4.78, 5) is 0. The number of allylic oxidation sites excluding steroid dienone is 1. The maximum absolute atomic E-state index is 6.06. The molecule has 2 fully saturated rings. The molecule has 2 rings (SSSR count). The maximum atomic E-state index is 6.06. The Morgan fingerprint density at radius 2 is 2.18 bits per heavy atom. The second-order valence-corrected chi connectivity index (χ2v) is 5.56. The lowest BCUT2D eigenvalue weighted by molar-refractivity contribution is -0.0853. The highest BCUT2D eigenvalue weighted by Gasteiger charge is 2.38. The summed E-state index contributed by atoms with van der Waals surface area (Å²) >= 11 is 0. The Balaban J connectivity index is 1.73. The van der Waals surface area contributed by atoms with Gasteiger partial charge in [0.2, 0.25) is 0 Å². The molecule has 2 aliphatic rings. The summed E-state index contributed by atoms with van der Waals surface area (Å²) in [5.41, 5.74) is 0.273. The number of hydrogen-bond acceptors (Lipinski definition) is 2. The smallest absolute Gasteiger partial charge is 0.0688 e. The van der Waals surface area contributed by atoms with Crippen molar-refractivity contribution in [3.63, 3.8) is 0 Å². The Hall–Kier alpha value is -0.340. The molecule has 1 atom stereocenters. The van der Waals surface area contributed by atoms with E-state index in [0.717, 1.165) is 32.0 Å². The zero-order chi connectivity index (χ0) is 12.0. The average Bonchev–Trinajstić information content (AvgIpc) is 2.77. The lowest BCUT2D eigenvalue weighted by Gasteiger charge is -2.37. The van der Waals surface area contributed by atoms with Gasteiger partial charge in [-0.1, -0.05) is 31.9 Å². The van der Waals surface area contributed by atoms with Crippen LogP contribution in [0.15, 0.2) is 12.2 Å². The van der Waals surface area contributed by atoms with Crippen LogP contribution in [0, 0.1) is 5.92 Å². The van der Waals surface area contributed by atoms with E-state index in [-0.39, 0.29) is 5.60 Å². The van der Waals surface area contributed by atoms with Gasteiger partial charge in [0, 0.05) is 6.61 Å². The fourth-order valence-electron chi connectivity index (χ4n) is 3.25. The van der Waals surface area contributed by atoms with Gasteiger partial charge in [-0.25, -0.2) is 0 Å². The fourth-order valence-corrected chi connectivity index (χ4v) is 3.25. The summed E-state index contributed by atoms with van der Waals surface area (Å²) in [6.45, 7) is 5.32. The number of rotatable bonds is 5. The summed E-state index contributed by atoms with van der Waals surface area (Å²) in [7, 11) is 0. The van der Waals surface area contributed by atoms with Crippen LogP contribution in [0.4, 0.5) is 0 Å². The molecule has 0 radical (unpaired) electrons. The van der Waals surface area contributed by atoms with Crippen LogP contribution in [0.3, 0.4) is 0 Å². The third-order valence-electron chi connectivity index (χ3n) is 4.19. The highest BCUT2D eigenvalue weighted by molar-refractivity contribution is 4.98. The monoisotopic (exact) mass is 237 g/mol. The number of hydrogen-bond donors (Lipinski definition) is 1. The van der Waals surface area contributed by atoms with E-state index in [1.165, 1.54) is 38.5 Å². The molecule has 1 saturated heterocycles. The molecule has 2 nitrogen and oxygen atoms in total. The highest BCUT2D eigenvalue weighted by atomic mass is 16.5. The van der Waals surface area contributed by atoms with E-state index >= 15 is 0 Å². The standard InChI is InChI=1S/C15H27NO/c1-2-16-11-6-3-7-14-8-12-17-15(13-14)9-4-5-10-15/h3,7,14,16H,2,4-6,8-13H2,1H3. The Bertz CT molecular complexity index is 243. The molecule has 1 heterocycles. The molecule has 1 N–H and O–H groups in total. The van der Waals surface area contributed by atoms with Crippen molar-refractivity contribution in [1.82, 2.24) is 5.32 Å². The van der Waals surface area contributed by atoms with Crippen LogP contribution in [-0.4, -0.2) is 25.3 Å². The van der Waals surface area contributed by atoms with Crippen LogP contribution in [0.1, 0.15) is 51.9 Å². The lowest BCUT2D eigenvalue weighted by Crippen LogP contribution is -2.36. The highest BCUT2D eigenvalue weighted by Crippen LogP contribution is 2.42. The molecular weight excluding hydrogens is 210 g/mol. The van der Waals surface area contributed by atoms with Gasteiger partial charge in [-0.05, 0) is 51.1 Å². The zero-order valence-corrected chi connectivity index (χ0v) is 11.2. The Labute approximate surface area is 106 Å². The molecule has 0 aromatic heterocycles. The van der Waals surface area contributed by atoms with Crippen molar-refractivity contribution in [3.05, 3.63) is 12.2 Å². The summed E-state index contributed by atoms with van der Waals surface area (Å²) in [6, 6.07) is 0. The first kappa shape index (κ1) is 13.1. The zero-order valence-electron chi connectivity index (χ0n) is 11.2. The van der Waals surface area contributed by atoms with Gasteiger partial charge in [0.05, 0.1) is 5.60 Å².